The van der Waals surface area contributed by atoms with Gasteiger partial charge in [0, 0.05) is 5.92 Å². The van der Waals surface area contributed by atoms with Crippen LogP contribution in [0.1, 0.15) is 92.4 Å². The fourth-order valence-corrected chi connectivity index (χ4v) is 10.4. The number of rotatable bonds is 5. The Balaban J connectivity index is 1.52. The minimum Gasteiger partial charge on any atom is -0.393 e. The van der Waals surface area contributed by atoms with E-state index in [1.807, 2.05) is 5.57 Å². The zero-order valence-electron chi connectivity index (χ0n) is 20.0. The number of hydrogen-bond donors (Lipinski definition) is 1. The quantitative estimate of drug-likeness (QED) is 0.393. The van der Waals surface area contributed by atoms with Gasteiger partial charge in [0.25, 0.3) is 0 Å². The summed E-state index contributed by atoms with van der Waals surface area (Å²) in [6.07, 6.45) is 16.8. The zero-order chi connectivity index (χ0) is 21.0. The van der Waals surface area contributed by atoms with E-state index in [1.54, 1.807) is 0 Å². The van der Waals surface area contributed by atoms with Crippen LogP contribution in [-0.4, -0.2) is 28.5 Å². The lowest BCUT2D eigenvalue weighted by Crippen LogP contribution is -2.50. The van der Waals surface area contributed by atoms with E-state index in [0.717, 1.165) is 47.7 Å². The Hall–Kier alpha value is 0.0500. The van der Waals surface area contributed by atoms with Gasteiger partial charge in [-0.25, -0.2) is 0 Å². The van der Waals surface area contributed by atoms with Crippen LogP contribution in [-0.2, 0) is 10.9 Å². The van der Waals surface area contributed by atoms with Crippen molar-refractivity contribution in [3.05, 3.63) is 11.6 Å². The van der Waals surface area contributed by atoms with Crippen molar-refractivity contribution in [1.29, 1.82) is 0 Å². The van der Waals surface area contributed by atoms with Crippen LogP contribution in [0.3, 0.4) is 0 Å². The molecular weight excluding hydrogens is 372 g/mol. The van der Waals surface area contributed by atoms with E-state index >= 15 is 0 Å². The second-order valence-corrected chi connectivity index (χ2v) is 14.5. The molecule has 3 fully saturated rings. The molecule has 2 heteroatoms. The molecule has 29 heavy (non-hydrogen) atoms. The summed E-state index contributed by atoms with van der Waals surface area (Å²) in [4.78, 5) is 0. The van der Waals surface area contributed by atoms with E-state index in [1.165, 1.54) is 50.7 Å². The Morgan fingerprint density at radius 3 is 2.48 bits per heavy atom. The maximum atomic E-state index is 10.3. The van der Waals surface area contributed by atoms with Crippen LogP contribution in [0.25, 0.3) is 0 Å². The molecule has 10 atom stereocenters. The molecule has 0 aliphatic heterocycles. The van der Waals surface area contributed by atoms with E-state index in [4.69, 9.17) is 0 Å². The van der Waals surface area contributed by atoms with Crippen LogP contribution < -0.4 is 0 Å². The third-order valence-electron chi connectivity index (χ3n) is 10.6. The maximum Gasteiger partial charge on any atom is 0.114 e. The molecule has 0 aromatic heterocycles. The van der Waals surface area contributed by atoms with E-state index in [2.05, 4.69) is 47.0 Å². The molecule has 4 aliphatic rings. The highest BCUT2D eigenvalue weighted by molar-refractivity contribution is 7.96. The van der Waals surface area contributed by atoms with Crippen molar-refractivity contribution in [2.45, 2.75) is 104 Å². The van der Waals surface area contributed by atoms with Crippen LogP contribution in [0.15, 0.2) is 11.6 Å². The molecule has 0 saturated heterocycles. The third kappa shape index (κ3) is 3.67. The molecule has 4 rings (SSSR count). The minimum atomic E-state index is -0.0399. The molecule has 1 N–H and O–H groups in total. The summed E-state index contributed by atoms with van der Waals surface area (Å²) >= 11 is 0. The summed E-state index contributed by atoms with van der Waals surface area (Å²) in [5, 5.41) is 11.1. The smallest absolute Gasteiger partial charge is 0.114 e. The first-order valence-corrected chi connectivity index (χ1v) is 14.6. The first-order chi connectivity index (χ1) is 13.7. The number of allylic oxidation sites excluding steroid dienone is 2. The van der Waals surface area contributed by atoms with Crippen LogP contribution >= 0.6 is 0 Å². The van der Waals surface area contributed by atoms with E-state index in [9.17, 15) is 5.11 Å². The van der Waals surface area contributed by atoms with Crippen LogP contribution in [0.5, 0.6) is 0 Å². The van der Waals surface area contributed by atoms with E-state index < -0.39 is 0 Å². The van der Waals surface area contributed by atoms with Gasteiger partial charge in [0.05, 0.1) is 12.4 Å². The van der Waals surface area contributed by atoms with Crippen LogP contribution in [0.4, 0.5) is 0 Å². The molecule has 0 spiro atoms. The number of hydrogen-bond acceptors (Lipinski definition) is 1. The SMILES string of the molecule is CCC(C)[S+](C)C[C@@H](C)[C@H]1CC[C@H]2C3=CC[C@H]4C[C@@H](O)CC[C@]4(C)[C@H]3CC[C@]12C. The van der Waals surface area contributed by atoms with Gasteiger partial charge in [-0.15, -0.1) is 0 Å². The normalized spacial score (nSPS) is 47.4. The first-order valence-electron chi connectivity index (χ1n) is 12.7. The summed E-state index contributed by atoms with van der Waals surface area (Å²) in [5.41, 5.74) is 2.88. The summed E-state index contributed by atoms with van der Waals surface area (Å²) < 4.78 is 0. The van der Waals surface area contributed by atoms with Crippen molar-refractivity contribution in [3.63, 3.8) is 0 Å². The lowest BCUT2D eigenvalue weighted by atomic mass is 9.47. The van der Waals surface area contributed by atoms with Gasteiger partial charge < -0.3 is 5.11 Å². The van der Waals surface area contributed by atoms with E-state index in [-0.39, 0.29) is 6.10 Å². The van der Waals surface area contributed by atoms with Crippen molar-refractivity contribution in [3.8, 4) is 0 Å². The van der Waals surface area contributed by atoms with Crippen molar-refractivity contribution < 1.29 is 5.11 Å². The van der Waals surface area contributed by atoms with Crippen molar-refractivity contribution >= 4 is 10.9 Å². The molecule has 0 aromatic rings. The number of aliphatic hydroxyl groups excluding tert-OH is 1. The molecule has 2 unspecified atom stereocenters. The van der Waals surface area contributed by atoms with Gasteiger partial charge >= 0.3 is 0 Å². The molecule has 0 radical (unpaired) electrons. The highest BCUT2D eigenvalue weighted by Crippen LogP contribution is 2.66. The lowest BCUT2D eigenvalue weighted by molar-refractivity contribution is -0.0419. The predicted octanol–water partition coefficient (Wildman–Crippen LogP) is 6.61. The Morgan fingerprint density at radius 1 is 1.07 bits per heavy atom. The molecular formula is C27H47OS+. The molecule has 3 saturated carbocycles. The van der Waals surface area contributed by atoms with Gasteiger partial charge in [-0.2, -0.15) is 0 Å². The first kappa shape index (κ1) is 22.3. The monoisotopic (exact) mass is 419 g/mol. The highest BCUT2D eigenvalue weighted by atomic mass is 32.2. The van der Waals surface area contributed by atoms with E-state index in [0.29, 0.717) is 21.7 Å². The largest absolute Gasteiger partial charge is 0.393 e. The second kappa shape index (κ2) is 8.19. The molecule has 4 aliphatic carbocycles. The summed E-state index contributed by atoms with van der Waals surface area (Å²) in [6.45, 7) is 12.7. The van der Waals surface area contributed by atoms with Gasteiger partial charge in [-0.1, -0.05) is 39.3 Å². The summed E-state index contributed by atoms with van der Waals surface area (Å²) in [7, 11) is 0.567. The molecule has 0 aromatic carbocycles. The van der Waals surface area contributed by atoms with Gasteiger partial charge in [-0.05, 0) is 110 Å². The maximum absolute atomic E-state index is 10.3. The zero-order valence-corrected chi connectivity index (χ0v) is 20.9. The average Bonchev–Trinajstić information content (AvgIpc) is 3.05. The van der Waals surface area contributed by atoms with Gasteiger partial charge in [0.1, 0.15) is 11.0 Å². The number of aliphatic hydroxyl groups is 1. The van der Waals surface area contributed by atoms with Gasteiger partial charge in [0.2, 0.25) is 0 Å². The topological polar surface area (TPSA) is 20.2 Å². The van der Waals surface area contributed by atoms with Crippen molar-refractivity contribution in [2.24, 2.45) is 40.4 Å². The molecule has 0 heterocycles. The summed E-state index contributed by atoms with van der Waals surface area (Å²) in [6, 6.07) is 0. The Kier molecular flexibility index (Phi) is 6.29. The molecule has 1 nitrogen and oxygen atoms in total. The molecule has 166 valence electrons. The van der Waals surface area contributed by atoms with Gasteiger partial charge in [0.15, 0.2) is 0 Å². The van der Waals surface area contributed by atoms with Crippen molar-refractivity contribution in [1.82, 2.24) is 0 Å². The van der Waals surface area contributed by atoms with Crippen LogP contribution in [0, 0.1) is 40.4 Å². The Morgan fingerprint density at radius 2 is 1.76 bits per heavy atom. The predicted molar refractivity (Wildman–Crippen MR) is 128 cm³/mol. The Labute approximate surface area is 183 Å². The fraction of sp³-hybridized carbons (Fsp3) is 0.926. The lowest BCUT2D eigenvalue weighted by Gasteiger charge is -2.57. The minimum absolute atomic E-state index is 0.0399. The highest BCUT2D eigenvalue weighted by Gasteiger charge is 2.58. The van der Waals surface area contributed by atoms with Crippen LogP contribution in [0.2, 0.25) is 0 Å². The standard InChI is InChI=1S/C27H47OS/c1-7-19(3)29(6)17-18(2)23-10-11-24-22-9-8-20-16-21(28)12-14-26(20,4)25(22)13-15-27(23,24)5/h9,18-21,23-25,28H,7-8,10-17H2,1-6H3/q+1/t18-,19?,20+,21+,23-,24+,25+,26+,27-,29?/m1/s1. The molecule has 0 bridgehead atoms. The summed E-state index contributed by atoms with van der Waals surface area (Å²) in [5.74, 6) is 5.62. The second-order valence-electron chi connectivity index (χ2n) is 12.0. The molecule has 0 amide bonds. The Bertz CT molecular complexity index is 628. The van der Waals surface area contributed by atoms with Gasteiger partial charge in [-0.3, -0.25) is 0 Å². The fourth-order valence-electron chi connectivity index (χ4n) is 8.44. The number of fused-ring (bicyclic) bond motifs is 5. The average molecular weight is 420 g/mol. The van der Waals surface area contributed by atoms with Crippen molar-refractivity contribution in [2.75, 3.05) is 12.0 Å². The third-order valence-corrected chi connectivity index (χ3v) is 13.4.